The van der Waals surface area contributed by atoms with Crippen molar-refractivity contribution in [2.45, 2.75) is 31.6 Å². The molecule has 0 unspecified atom stereocenters. The summed E-state index contributed by atoms with van der Waals surface area (Å²) in [6.07, 6.45) is 28.0. The molecule has 4 aromatic heterocycles. The Balaban J connectivity index is 0.000000235. The average Bonchev–Trinajstić information content (AvgIpc) is 3.31. The molecule has 0 aromatic carbocycles. The summed E-state index contributed by atoms with van der Waals surface area (Å²) in [5.74, 6) is 3.54. The number of carbonyl (C=O) groups is 1. The first-order valence-electron chi connectivity index (χ1n) is 11.4. The van der Waals surface area contributed by atoms with E-state index in [4.69, 9.17) is 4.98 Å². The van der Waals surface area contributed by atoms with Gasteiger partial charge in [0.15, 0.2) is 17.5 Å². The van der Waals surface area contributed by atoms with E-state index in [1.807, 2.05) is 22.8 Å². The topological polar surface area (TPSA) is 129 Å². The summed E-state index contributed by atoms with van der Waals surface area (Å²) >= 11 is 0. The number of carbonyl (C=O) groups excluding carboxylic acids is 1. The van der Waals surface area contributed by atoms with Gasteiger partial charge in [-0.25, -0.2) is 9.50 Å². The molecular weight excluding hydrogens is 456 g/mol. The van der Waals surface area contributed by atoms with Crippen molar-refractivity contribution in [3.05, 3.63) is 48.7 Å². The van der Waals surface area contributed by atoms with Gasteiger partial charge in [0, 0.05) is 49.4 Å². The lowest BCUT2D eigenvalue weighted by Crippen LogP contribution is -2.22. The highest BCUT2D eigenvalue weighted by Crippen LogP contribution is 2.39. The Bertz CT molecular complexity index is 1260. The Labute approximate surface area is 209 Å². The monoisotopic (exact) mass is 484 g/mol. The van der Waals surface area contributed by atoms with E-state index in [1.54, 1.807) is 0 Å². The highest BCUT2D eigenvalue weighted by atomic mass is 16.1. The third kappa shape index (κ3) is 6.58. The second kappa shape index (κ2) is 13.1. The predicted octanol–water partition coefficient (Wildman–Crippen LogP) is 3.22. The molecule has 1 amide bonds. The summed E-state index contributed by atoms with van der Waals surface area (Å²) in [5, 5.41) is 17.8. The summed E-state index contributed by atoms with van der Waals surface area (Å²) in [6.45, 7) is 2.06. The Morgan fingerprint density at radius 2 is 1.86 bits per heavy atom. The molecular formula is C25H28N10O. The summed E-state index contributed by atoms with van der Waals surface area (Å²) in [7, 11) is 0. The van der Waals surface area contributed by atoms with Gasteiger partial charge in [-0.3, -0.25) is 14.9 Å². The number of amides is 1. The van der Waals surface area contributed by atoms with Crippen LogP contribution in [0.4, 0.5) is 23.4 Å². The number of H-pyrrole nitrogens is 1. The molecule has 0 radical (unpaired) electrons. The van der Waals surface area contributed by atoms with Crippen LogP contribution in [-0.4, -0.2) is 54.3 Å². The highest BCUT2D eigenvalue weighted by Gasteiger charge is 2.26. The van der Waals surface area contributed by atoms with E-state index in [0.29, 0.717) is 18.1 Å². The molecule has 1 saturated carbocycles. The lowest BCUT2D eigenvalue weighted by molar-refractivity contribution is -0.105. The van der Waals surface area contributed by atoms with Gasteiger partial charge in [-0.2, -0.15) is 10.1 Å². The largest absolute Gasteiger partial charge is 0.340 e. The number of aromatic nitrogens is 7. The van der Waals surface area contributed by atoms with Crippen LogP contribution in [0.1, 0.15) is 37.3 Å². The van der Waals surface area contributed by atoms with Crippen molar-refractivity contribution in [3.63, 3.8) is 0 Å². The summed E-state index contributed by atoms with van der Waals surface area (Å²) < 4.78 is 1.89. The summed E-state index contributed by atoms with van der Waals surface area (Å²) in [6, 6.07) is 6.10. The van der Waals surface area contributed by atoms with Gasteiger partial charge in [-0.1, -0.05) is 0 Å². The number of terminal acetylenes is 2. The Morgan fingerprint density at radius 3 is 2.53 bits per heavy atom. The molecule has 3 N–H and O–H groups in total. The molecule has 6 rings (SSSR count). The number of nitrogens with one attached hydrogen (secondary N) is 3. The molecule has 5 heterocycles. The van der Waals surface area contributed by atoms with Crippen molar-refractivity contribution in [2.24, 2.45) is 0 Å². The van der Waals surface area contributed by atoms with Crippen LogP contribution in [0, 0.1) is 25.7 Å². The molecule has 36 heavy (non-hydrogen) atoms. The van der Waals surface area contributed by atoms with Crippen molar-refractivity contribution in [1.82, 2.24) is 34.8 Å². The third-order valence-electron chi connectivity index (χ3n) is 5.40. The normalized spacial score (nSPS) is 13.7. The summed E-state index contributed by atoms with van der Waals surface area (Å²) in [4.78, 5) is 24.3. The molecule has 4 aromatic rings. The fourth-order valence-corrected chi connectivity index (χ4v) is 3.63. The highest BCUT2D eigenvalue weighted by molar-refractivity contribution is 5.73. The van der Waals surface area contributed by atoms with Crippen molar-refractivity contribution in [2.75, 3.05) is 28.6 Å². The van der Waals surface area contributed by atoms with Crippen LogP contribution in [0.5, 0.6) is 0 Å². The molecule has 0 spiro atoms. The Kier molecular flexibility index (Phi) is 9.36. The van der Waals surface area contributed by atoms with E-state index in [0.717, 1.165) is 36.2 Å². The number of aromatic amines is 1. The number of hydrogen-bond acceptors (Lipinski definition) is 8. The van der Waals surface area contributed by atoms with Crippen LogP contribution in [-0.2, 0) is 4.79 Å². The Hall–Kier alpha value is -4.90. The van der Waals surface area contributed by atoms with Crippen molar-refractivity contribution >= 4 is 35.3 Å². The molecule has 11 heteroatoms. The van der Waals surface area contributed by atoms with Crippen LogP contribution in [0.15, 0.2) is 43.0 Å². The minimum atomic E-state index is 0.465. The van der Waals surface area contributed by atoms with Crippen molar-refractivity contribution in [1.29, 1.82) is 0 Å². The molecule has 184 valence electrons. The van der Waals surface area contributed by atoms with E-state index in [2.05, 4.69) is 72.6 Å². The fraction of sp³-hybridized carbons (Fsp3) is 0.280. The van der Waals surface area contributed by atoms with Crippen LogP contribution < -0.4 is 15.5 Å². The molecule has 11 nitrogen and oxygen atoms in total. The number of fused-ring (bicyclic) bond motifs is 1. The van der Waals surface area contributed by atoms with Gasteiger partial charge in [0.1, 0.15) is 5.52 Å². The zero-order valence-corrected chi connectivity index (χ0v) is 19.8. The van der Waals surface area contributed by atoms with Gasteiger partial charge in [-0.15, -0.1) is 30.8 Å². The van der Waals surface area contributed by atoms with E-state index in [1.165, 1.54) is 50.0 Å². The number of nitrogens with zero attached hydrogens (tertiary/aromatic N) is 7. The Morgan fingerprint density at radius 1 is 1.08 bits per heavy atom. The zero-order valence-electron chi connectivity index (χ0n) is 19.8. The molecule has 1 aliphatic carbocycles. The first-order valence-corrected chi connectivity index (χ1v) is 11.4. The van der Waals surface area contributed by atoms with Crippen LogP contribution in [0.2, 0.25) is 0 Å². The lowest BCUT2D eigenvalue weighted by atomic mass is 10.3. The smallest absolute Gasteiger partial charge is 0.245 e. The van der Waals surface area contributed by atoms with Gasteiger partial charge in [-0.05, 0) is 37.8 Å². The molecule has 0 bridgehead atoms. The van der Waals surface area contributed by atoms with Crippen molar-refractivity contribution < 1.29 is 4.79 Å². The number of anilines is 4. The maximum Gasteiger partial charge on any atom is 0.245 e. The maximum atomic E-state index is 9.80. The van der Waals surface area contributed by atoms with Crippen LogP contribution >= 0.6 is 0 Å². The van der Waals surface area contributed by atoms with Gasteiger partial charge < -0.3 is 15.5 Å². The first kappa shape index (κ1) is 25.7. The predicted molar refractivity (Wildman–Crippen MR) is 140 cm³/mol. The fourth-order valence-electron chi connectivity index (χ4n) is 3.63. The van der Waals surface area contributed by atoms with Gasteiger partial charge in [0.25, 0.3) is 0 Å². The average molecular weight is 485 g/mol. The number of rotatable bonds is 6. The second-order valence-electron chi connectivity index (χ2n) is 7.75. The van der Waals surface area contributed by atoms with E-state index < -0.39 is 0 Å². The van der Waals surface area contributed by atoms with Gasteiger partial charge in [0.2, 0.25) is 12.4 Å². The summed E-state index contributed by atoms with van der Waals surface area (Å²) in [5.41, 5.74) is 2.18. The molecule has 1 aliphatic heterocycles. The van der Waals surface area contributed by atoms with E-state index in [-0.39, 0.29) is 0 Å². The molecule has 1 saturated heterocycles. The standard InChI is InChI=1S/C16H19N7.C5H5N3O.2C2H2/c1-2-8-22(7-1)16-18-15(13-4-3-9-23(13)21-16)17-14-10-12(19-20-14)11-5-6-11;9-4-8-5-3-6-1-2-7-5;2*1-2/h3-4,9-11H,1-2,5-8H2,(H2,17,18,19,20,21);1-4H,(H,7,8,9);2*1-2H. The molecule has 2 aliphatic rings. The quantitative estimate of drug-likeness (QED) is 0.281. The second-order valence-corrected chi connectivity index (χ2v) is 7.75. The maximum absolute atomic E-state index is 9.80. The zero-order chi connectivity index (χ0) is 25.8. The van der Waals surface area contributed by atoms with Gasteiger partial charge >= 0.3 is 0 Å². The molecule has 2 fully saturated rings. The van der Waals surface area contributed by atoms with Gasteiger partial charge in [0.05, 0.1) is 6.20 Å². The van der Waals surface area contributed by atoms with E-state index >= 15 is 0 Å². The van der Waals surface area contributed by atoms with Crippen LogP contribution in [0.25, 0.3) is 5.52 Å². The molecule has 0 atom stereocenters. The van der Waals surface area contributed by atoms with E-state index in [9.17, 15) is 4.79 Å². The minimum absolute atomic E-state index is 0.465. The van der Waals surface area contributed by atoms with Crippen molar-refractivity contribution in [3.8, 4) is 25.7 Å². The third-order valence-corrected chi connectivity index (χ3v) is 5.40. The minimum Gasteiger partial charge on any atom is -0.340 e. The number of hydrogen-bond donors (Lipinski definition) is 3. The van der Waals surface area contributed by atoms with Crippen LogP contribution in [0.3, 0.4) is 0 Å². The lowest BCUT2D eigenvalue weighted by Gasteiger charge is -2.16. The SMILES string of the molecule is C#C.C#C.O=CNc1cnccn1.c1cc2c(Nc3cc(C4CC4)[nH]n3)nc(N3CCCC3)nn2c1. The first-order chi connectivity index (χ1) is 17.8.